The van der Waals surface area contributed by atoms with Crippen molar-refractivity contribution >= 4 is 5.69 Å². The minimum atomic E-state index is 0.962. The molecule has 20 heavy (non-hydrogen) atoms. The van der Waals surface area contributed by atoms with Gasteiger partial charge in [0.15, 0.2) is 0 Å². The van der Waals surface area contributed by atoms with Crippen molar-refractivity contribution in [3.63, 3.8) is 0 Å². The number of hydrogen-bond donors (Lipinski definition) is 1. The summed E-state index contributed by atoms with van der Waals surface area (Å²) in [7, 11) is 0. The molecule has 0 saturated heterocycles. The van der Waals surface area contributed by atoms with Gasteiger partial charge in [-0.05, 0) is 35.7 Å². The fraction of sp³-hybridized carbons (Fsp3) is 0.333. The van der Waals surface area contributed by atoms with Crippen LogP contribution >= 0.6 is 0 Å². The van der Waals surface area contributed by atoms with E-state index in [1.165, 1.54) is 28.8 Å². The van der Waals surface area contributed by atoms with E-state index in [4.69, 9.17) is 0 Å². The molecule has 0 atom stereocenters. The Morgan fingerprint density at radius 1 is 1.00 bits per heavy atom. The van der Waals surface area contributed by atoms with Crippen LogP contribution in [-0.4, -0.2) is 13.1 Å². The Morgan fingerprint density at radius 2 is 1.75 bits per heavy atom. The van der Waals surface area contributed by atoms with Crippen LogP contribution in [0, 0.1) is 0 Å². The summed E-state index contributed by atoms with van der Waals surface area (Å²) in [5.74, 6) is 0. The highest BCUT2D eigenvalue weighted by molar-refractivity contribution is 5.58. The van der Waals surface area contributed by atoms with Crippen molar-refractivity contribution in [1.29, 1.82) is 0 Å². The number of hydrogen-bond acceptors (Lipinski definition) is 2. The molecule has 1 heterocycles. The van der Waals surface area contributed by atoms with Crippen molar-refractivity contribution in [3.8, 4) is 0 Å². The molecule has 2 aromatic rings. The van der Waals surface area contributed by atoms with Crippen LogP contribution < -0.4 is 10.2 Å². The number of nitrogens with zero attached hydrogens (tertiary/aromatic N) is 1. The number of nitrogens with one attached hydrogen (secondary N) is 1. The molecule has 0 spiro atoms. The number of benzene rings is 2. The Labute approximate surface area is 121 Å². The molecule has 3 rings (SSSR count). The molecule has 2 nitrogen and oxygen atoms in total. The zero-order chi connectivity index (χ0) is 13.8. The SMILES string of the molecule is CCNCc1ccc(CN2CCc3ccccc32)cc1. The molecule has 0 saturated carbocycles. The molecule has 1 aliphatic heterocycles. The first-order valence-corrected chi connectivity index (χ1v) is 7.48. The Balaban J connectivity index is 1.67. The minimum Gasteiger partial charge on any atom is -0.367 e. The first-order valence-electron chi connectivity index (χ1n) is 7.48. The maximum atomic E-state index is 3.36. The van der Waals surface area contributed by atoms with E-state index in [2.05, 4.69) is 65.7 Å². The Hall–Kier alpha value is -1.80. The highest BCUT2D eigenvalue weighted by atomic mass is 15.1. The summed E-state index contributed by atoms with van der Waals surface area (Å²) in [6.45, 7) is 6.27. The second kappa shape index (κ2) is 6.10. The topological polar surface area (TPSA) is 15.3 Å². The molecular formula is C18H22N2. The third-order valence-electron chi connectivity index (χ3n) is 3.96. The van der Waals surface area contributed by atoms with E-state index in [-0.39, 0.29) is 0 Å². The van der Waals surface area contributed by atoms with Crippen LogP contribution in [0.1, 0.15) is 23.6 Å². The van der Waals surface area contributed by atoms with Gasteiger partial charge in [0, 0.05) is 25.3 Å². The molecule has 1 N–H and O–H groups in total. The summed E-state index contributed by atoms with van der Waals surface area (Å²) in [6.07, 6.45) is 1.18. The molecule has 2 aromatic carbocycles. The molecule has 2 heteroatoms. The number of anilines is 1. The predicted octanol–water partition coefficient (Wildman–Crippen LogP) is 3.36. The minimum absolute atomic E-state index is 0.962. The lowest BCUT2D eigenvalue weighted by Crippen LogP contribution is -2.19. The maximum Gasteiger partial charge on any atom is 0.0429 e. The van der Waals surface area contributed by atoms with Crippen molar-refractivity contribution in [2.45, 2.75) is 26.4 Å². The van der Waals surface area contributed by atoms with Gasteiger partial charge in [-0.3, -0.25) is 0 Å². The molecule has 0 bridgehead atoms. The van der Waals surface area contributed by atoms with Crippen LogP contribution in [0.15, 0.2) is 48.5 Å². The standard InChI is InChI=1S/C18H22N2/c1-2-19-13-15-7-9-16(10-8-15)14-20-12-11-17-5-3-4-6-18(17)20/h3-10,19H,2,11-14H2,1H3. The van der Waals surface area contributed by atoms with E-state index in [9.17, 15) is 0 Å². The first-order chi connectivity index (χ1) is 9.86. The van der Waals surface area contributed by atoms with Crippen LogP contribution in [-0.2, 0) is 19.5 Å². The van der Waals surface area contributed by atoms with Gasteiger partial charge >= 0.3 is 0 Å². The molecule has 0 radical (unpaired) electrons. The van der Waals surface area contributed by atoms with Crippen LogP contribution in [0.5, 0.6) is 0 Å². The van der Waals surface area contributed by atoms with Crippen molar-refractivity contribution in [2.75, 3.05) is 18.0 Å². The quantitative estimate of drug-likeness (QED) is 0.892. The molecule has 0 amide bonds. The van der Waals surface area contributed by atoms with E-state index in [0.717, 1.165) is 26.2 Å². The lowest BCUT2D eigenvalue weighted by molar-refractivity contribution is 0.726. The number of rotatable bonds is 5. The fourth-order valence-corrected chi connectivity index (χ4v) is 2.82. The Morgan fingerprint density at radius 3 is 2.55 bits per heavy atom. The van der Waals surface area contributed by atoms with Crippen molar-refractivity contribution in [2.24, 2.45) is 0 Å². The number of para-hydroxylation sites is 1. The summed E-state index contributed by atoms with van der Waals surface area (Å²) in [5.41, 5.74) is 5.64. The molecule has 0 unspecified atom stereocenters. The van der Waals surface area contributed by atoms with Crippen molar-refractivity contribution < 1.29 is 0 Å². The molecule has 0 fully saturated rings. The summed E-state index contributed by atoms with van der Waals surface area (Å²) >= 11 is 0. The van der Waals surface area contributed by atoms with E-state index in [1.54, 1.807) is 0 Å². The molecular weight excluding hydrogens is 244 g/mol. The van der Waals surface area contributed by atoms with E-state index >= 15 is 0 Å². The smallest absolute Gasteiger partial charge is 0.0429 e. The second-order valence-corrected chi connectivity index (χ2v) is 5.40. The third kappa shape index (κ3) is 2.86. The van der Waals surface area contributed by atoms with Gasteiger partial charge in [-0.15, -0.1) is 0 Å². The summed E-state index contributed by atoms with van der Waals surface area (Å²) in [6, 6.07) is 17.7. The van der Waals surface area contributed by atoms with E-state index < -0.39 is 0 Å². The number of fused-ring (bicyclic) bond motifs is 1. The summed E-state index contributed by atoms with van der Waals surface area (Å²) in [5, 5.41) is 3.36. The normalized spacial score (nSPS) is 13.6. The van der Waals surface area contributed by atoms with E-state index in [0.29, 0.717) is 0 Å². The van der Waals surface area contributed by atoms with Crippen LogP contribution in [0.4, 0.5) is 5.69 Å². The van der Waals surface area contributed by atoms with Crippen molar-refractivity contribution in [1.82, 2.24) is 5.32 Å². The average molecular weight is 266 g/mol. The van der Waals surface area contributed by atoms with Crippen LogP contribution in [0.3, 0.4) is 0 Å². The highest BCUT2D eigenvalue weighted by Gasteiger charge is 2.17. The van der Waals surface area contributed by atoms with Gasteiger partial charge in [0.2, 0.25) is 0 Å². The lowest BCUT2D eigenvalue weighted by atomic mass is 10.1. The average Bonchev–Trinajstić information content (AvgIpc) is 2.90. The van der Waals surface area contributed by atoms with Gasteiger partial charge < -0.3 is 10.2 Å². The van der Waals surface area contributed by atoms with E-state index in [1.807, 2.05) is 0 Å². The maximum absolute atomic E-state index is 3.36. The summed E-state index contributed by atoms with van der Waals surface area (Å²) < 4.78 is 0. The third-order valence-corrected chi connectivity index (χ3v) is 3.96. The zero-order valence-electron chi connectivity index (χ0n) is 12.1. The predicted molar refractivity (Wildman–Crippen MR) is 85.0 cm³/mol. The lowest BCUT2D eigenvalue weighted by Gasteiger charge is -2.19. The van der Waals surface area contributed by atoms with Gasteiger partial charge in [-0.1, -0.05) is 49.4 Å². The molecule has 0 aromatic heterocycles. The second-order valence-electron chi connectivity index (χ2n) is 5.40. The molecule has 0 aliphatic carbocycles. The molecule has 1 aliphatic rings. The van der Waals surface area contributed by atoms with Gasteiger partial charge in [0.1, 0.15) is 0 Å². The largest absolute Gasteiger partial charge is 0.367 e. The molecule has 104 valence electrons. The summed E-state index contributed by atoms with van der Waals surface area (Å²) in [4.78, 5) is 2.48. The highest BCUT2D eigenvalue weighted by Crippen LogP contribution is 2.28. The van der Waals surface area contributed by atoms with Gasteiger partial charge in [-0.2, -0.15) is 0 Å². The van der Waals surface area contributed by atoms with Crippen molar-refractivity contribution in [3.05, 3.63) is 65.2 Å². The zero-order valence-corrected chi connectivity index (χ0v) is 12.1. The van der Waals surface area contributed by atoms with Gasteiger partial charge in [-0.25, -0.2) is 0 Å². The Kier molecular flexibility index (Phi) is 4.03. The fourth-order valence-electron chi connectivity index (χ4n) is 2.82. The van der Waals surface area contributed by atoms with Crippen LogP contribution in [0.25, 0.3) is 0 Å². The first kappa shape index (κ1) is 13.2. The van der Waals surface area contributed by atoms with Gasteiger partial charge in [0.05, 0.1) is 0 Å². The van der Waals surface area contributed by atoms with Crippen LogP contribution in [0.2, 0.25) is 0 Å². The monoisotopic (exact) mass is 266 g/mol. The Bertz CT molecular complexity index is 560. The van der Waals surface area contributed by atoms with Gasteiger partial charge in [0.25, 0.3) is 0 Å².